The molecule has 0 saturated heterocycles. The average molecular weight is 354 g/mol. The van der Waals surface area contributed by atoms with Crippen LogP contribution in [-0.4, -0.2) is 18.4 Å². The van der Waals surface area contributed by atoms with Crippen LogP contribution in [0.25, 0.3) is 0 Å². The molecule has 0 saturated carbocycles. The van der Waals surface area contributed by atoms with Crippen molar-refractivity contribution in [2.45, 2.75) is 34.6 Å². The fourth-order valence-corrected chi connectivity index (χ4v) is 2.53. The number of aryl methyl sites for hydroxylation is 2. The maximum absolute atomic E-state index is 12.6. The van der Waals surface area contributed by atoms with E-state index in [9.17, 15) is 9.59 Å². The number of benzene rings is 2. The van der Waals surface area contributed by atoms with Crippen LogP contribution in [0.1, 0.15) is 31.9 Å². The second-order valence-electron chi connectivity index (χ2n) is 6.87. The van der Waals surface area contributed by atoms with E-state index in [1.54, 1.807) is 38.1 Å². The van der Waals surface area contributed by atoms with Crippen LogP contribution in [0.3, 0.4) is 0 Å². The molecule has 2 amide bonds. The van der Waals surface area contributed by atoms with Crippen LogP contribution in [0.2, 0.25) is 0 Å². The molecule has 0 radical (unpaired) electrons. The Labute approximate surface area is 154 Å². The summed E-state index contributed by atoms with van der Waals surface area (Å²) in [5, 5.41) is 5.62. The van der Waals surface area contributed by atoms with Gasteiger partial charge in [-0.3, -0.25) is 9.59 Å². The number of amides is 2. The molecule has 0 aliphatic heterocycles. The summed E-state index contributed by atoms with van der Waals surface area (Å²) in [5.41, 5.74) is 2.19. The minimum atomic E-state index is -1.23. The molecule has 0 spiro atoms. The van der Waals surface area contributed by atoms with E-state index in [0.717, 1.165) is 16.9 Å². The first-order valence-corrected chi connectivity index (χ1v) is 8.66. The summed E-state index contributed by atoms with van der Waals surface area (Å²) in [6, 6.07) is 12.8. The third kappa shape index (κ3) is 4.85. The van der Waals surface area contributed by atoms with Crippen molar-refractivity contribution in [3.8, 4) is 5.75 Å². The smallest absolute Gasteiger partial charge is 0.239 e. The van der Waals surface area contributed by atoms with Gasteiger partial charge in [-0.05, 0) is 82.1 Å². The van der Waals surface area contributed by atoms with Gasteiger partial charge in [0.05, 0.1) is 6.61 Å². The summed E-state index contributed by atoms with van der Waals surface area (Å²) in [6.45, 7) is 9.63. The molecule has 0 heterocycles. The van der Waals surface area contributed by atoms with Gasteiger partial charge in [-0.25, -0.2) is 0 Å². The third-order valence-corrected chi connectivity index (χ3v) is 4.04. The van der Waals surface area contributed by atoms with Gasteiger partial charge >= 0.3 is 0 Å². The molecule has 2 aromatic rings. The van der Waals surface area contributed by atoms with E-state index in [1.165, 1.54) is 0 Å². The second-order valence-corrected chi connectivity index (χ2v) is 6.87. The minimum absolute atomic E-state index is 0.356. The van der Waals surface area contributed by atoms with E-state index in [2.05, 4.69) is 10.6 Å². The first-order chi connectivity index (χ1) is 12.2. The van der Waals surface area contributed by atoms with E-state index in [0.29, 0.717) is 18.0 Å². The maximum Gasteiger partial charge on any atom is 0.239 e. The van der Waals surface area contributed by atoms with E-state index in [-0.39, 0.29) is 11.8 Å². The number of hydrogen-bond donors (Lipinski definition) is 2. The van der Waals surface area contributed by atoms with Crippen molar-refractivity contribution in [3.05, 3.63) is 53.6 Å². The molecule has 5 nitrogen and oxygen atoms in total. The highest BCUT2D eigenvalue weighted by molar-refractivity contribution is 6.14. The summed E-state index contributed by atoms with van der Waals surface area (Å²) in [7, 11) is 0. The van der Waals surface area contributed by atoms with Crippen LogP contribution in [0.15, 0.2) is 42.5 Å². The van der Waals surface area contributed by atoms with Crippen molar-refractivity contribution in [1.29, 1.82) is 0 Å². The molecule has 0 unspecified atom stereocenters. The Balaban J connectivity index is 2.06. The molecule has 2 rings (SSSR count). The first-order valence-electron chi connectivity index (χ1n) is 8.66. The standard InChI is InChI=1S/C21H26N2O3/c1-6-26-18-9-7-16(8-10-18)22-19(24)21(4,5)20(25)23-17-12-14(2)11-15(3)13-17/h7-13H,6H2,1-5H3,(H,22,24)(H,23,25). The summed E-state index contributed by atoms with van der Waals surface area (Å²) < 4.78 is 5.38. The first kappa shape index (κ1) is 19.5. The van der Waals surface area contributed by atoms with Gasteiger partial charge in [0.1, 0.15) is 11.2 Å². The minimum Gasteiger partial charge on any atom is -0.494 e. The zero-order valence-corrected chi connectivity index (χ0v) is 16.0. The lowest BCUT2D eigenvalue weighted by Gasteiger charge is -2.23. The highest BCUT2D eigenvalue weighted by Gasteiger charge is 2.36. The van der Waals surface area contributed by atoms with Crippen molar-refractivity contribution in [1.82, 2.24) is 0 Å². The summed E-state index contributed by atoms with van der Waals surface area (Å²) in [5.74, 6) is 0.00629. The normalized spacial score (nSPS) is 11.0. The topological polar surface area (TPSA) is 67.4 Å². The van der Waals surface area contributed by atoms with Crippen molar-refractivity contribution in [2.75, 3.05) is 17.2 Å². The largest absolute Gasteiger partial charge is 0.494 e. The Kier molecular flexibility index (Phi) is 6.03. The molecule has 0 bridgehead atoms. The van der Waals surface area contributed by atoms with Crippen molar-refractivity contribution in [3.63, 3.8) is 0 Å². The highest BCUT2D eigenvalue weighted by Crippen LogP contribution is 2.23. The number of ether oxygens (including phenoxy) is 1. The average Bonchev–Trinajstić information content (AvgIpc) is 2.55. The van der Waals surface area contributed by atoms with E-state index < -0.39 is 5.41 Å². The summed E-state index contributed by atoms with van der Waals surface area (Å²) >= 11 is 0. The van der Waals surface area contributed by atoms with Gasteiger partial charge in [0.25, 0.3) is 0 Å². The molecule has 0 fully saturated rings. The third-order valence-electron chi connectivity index (χ3n) is 4.04. The van der Waals surface area contributed by atoms with Crippen LogP contribution in [0.4, 0.5) is 11.4 Å². The highest BCUT2D eigenvalue weighted by atomic mass is 16.5. The Hall–Kier alpha value is -2.82. The van der Waals surface area contributed by atoms with Crippen LogP contribution >= 0.6 is 0 Å². The number of carbonyl (C=O) groups is 2. The number of hydrogen-bond acceptors (Lipinski definition) is 3. The molecule has 2 N–H and O–H groups in total. The molecular weight excluding hydrogens is 328 g/mol. The lowest BCUT2D eigenvalue weighted by atomic mass is 9.90. The summed E-state index contributed by atoms with van der Waals surface area (Å²) in [4.78, 5) is 25.2. The second kappa shape index (κ2) is 8.04. The van der Waals surface area contributed by atoms with Gasteiger partial charge in [0.2, 0.25) is 11.8 Å². The molecule has 5 heteroatoms. The molecule has 0 aliphatic rings. The molecule has 138 valence electrons. The molecule has 0 aliphatic carbocycles. The Morgan fingerprint density at radius 2 is 1.38 bits per heavy atom. The monoisotopic (exact) mass is 354 g/mol. The molecule has 2 aromatic carbocycles. The summed E-state index contributed by atoms with van der Waals surface area (Å²) in [6.07, 6.45) is 0. The van der Waals surface area contributed by atoms with Crippen molar-refractivity contribution in [2.24, 2.45) is 5.41 Å². The van der Waals surface area contributed by atoms with Gasteiger partial charge in [-0.2, -0.15) is 0 Å². The number of rotatable bonds is 6. The van der Waals surface area contributed by atoms with Crippen LogP contribution in [-0.2, 0) is 9.59 Å². The van der Waals surface area contributed by atoms with E-state index >= 15 is 0 Å². The molecule has 26 heavy (non-hydrogen) atoms. The fourth-order valence-electron chi connectivity index (χ4n) is 2.53. The number of anilines is 2. The molecule has 0 atom stereocenters. The van der Waals surface area contributed by atoms with Gasteiger partial charge in [0.15, 0.2) is 0 Å². The van der Waals surface area contributed by atoms with Gasteiger partial charge in [-0.1, -0.05) is 6.07 Å². The van der Waals surface area contributed by atoms with Crippen molar-refractivity contribution >= 4 is 23.2 Å². The quantitative estimate of drug-likeness (QED) is 0.760. The molecular formula is C21H26N2O3. The van der Waals surface area contributed by atoms with E-state index in [4.69, 9.17) is 4.74 Å². The predicted molar refractivity (Wildman–Crippen MR) is 105 cm³/mol. The molecule has 0 aromatic heterocycles. The number of carbonyl (C=O) groups excluding carboxylic acids is 2. The van der Waals surface area contributed by atoms with Gasteiger partial charge < -0.3 is 15.4 Å². The van der Waals surface area contributed by atoms with Gasteiger partial charge in [-0.15, -0.1) is 0 Å². The van der Waals surface area contributed by atoms with Crippen molar-refractivity contribution < 1.29 is 14.3 Å². The van der Waals surface area contributed by atoms with Crippen LogP contribution in [0, 0.1) is 19.3 Å². The lowest BCUT2D eigenvalue weighted by molar-refractivity contribution is -0.135. The predicted octanol–water partition coefficient (Wildman–Crippen LogP) is 4.31. The number of nitrogens with one attached hydrogen (secondary N) is 2. The maximum atomic E-state index is 12.6. The zero-order chi connectivity index (χ0) is 19.3. The fraction of sp³-hybridized carbons (Fsp3) is 0.333. The van der Waals surface area contributed by atoms with Crippen LogP contribution in [0.5, 0.6) is 5.75 Å². The Morgan fingerprint density at radius 1 is 0.885 bits per heavy atom. The zero-order valence-electron chi connectivity index (χ0n) is 16.0. The van der Waals surface area contributed by atoms with E-state index in [1.807, 2.05) is 39.0 Å². The Morgan fingerprint density at radius 3 is 1.88 bits per heavy atom. The van der Waals surface area contributed by atoms with Gasteiger partial charge in [0, 0.05) is 11.4 Å². The Bertz CT molecular complexity index is 775. The van der Waals surface area contributed by atoms with Crippen LogP contribution < -0.4 is 15.4 Å². The lowest BCUT2D eigenvalue weighted by Crippen LogP contribution is -2.41. The SMILES string of the molecule is CCOc1ccc(NC(=O)C(C)(C)C(=O)Nc2cc(C)cc(C)c2)cc1.